The maximum atomic E-state index is 13.0. The Balaban J connectivity index is 1.90. The van der Waals surface area contributed by atoms with E-state index in [4.69, 9.17) is 0 Å². The van der Waals surface area contributed by atoms with E-state index in [-0.39, 0.29) is 11.9 Å². The number of rotatable bonds is 3. The zero-order valence-electron chi connectivity index (χ0n) is 10.2. The minimum absolute atomic E-state index is 0.0130. The molecule has 1 saturated heterocycles. The van der Waals surface area contributed by atoms with Crippen molar-refractivity contribution < 1.29 is 13.6 Å². The summed E-state index contributed by atoms with van der Waals surface area (Å²) in [6.07, 6.45) is 0.608. The smallest absolute Gasteiger partial charge is 0.234 e. The van der Waals surface area contributed by atoms with Crippen molar-refractivity contribution in [1.29, 1.82) is 0 Å². The summed E-state index contributed by atoms with van der Waals surface area (Å²) in [7, 11) is 0. The molecule has 1 atom stereocenters. The molecule has 0 bridgehead atoms. The van der Waals surface area contributed by atoms with Gasteiger partial charge in [0.05, 0.1) is 6.54 Å². The van der Waals surface area contributed by atoms with E-state index in [2.05, 4.69) is 5.32 Å². The lowest BCUT2D eigenvalue weighted by Gasteiger charge is -2.31. The molecule has 18 heavy (non-hydrogen) atoms. The van der Waals surface area contributed by atoms with Gasteiger partial charge < -0.3 is 5.32 Å². The van der Waals surface area contributed by atoms with Crippen molar-refractivity contribution in [2.45, 2.75) is 19.4 Å². The second kappa shape index (κ2) is 5.44. The van der Waals surface area contributed by atoms with Crippen molar-refractivity contribution in [2.75, 3.05) is 19.6 Å². The Morgan fingerprint density at radius 1 is 1.39 bits per heavy atom. The van der Waals surface area contributed by atoms with Gasteiger partial charge in [0.2, 0.25) is 5.91 Å². The SMILES string of the molecule is CC1CN(CCc2ccc(F)c(F)c2)CC(=O)N1. The van der Waals surface area contributed by atoms with Crippen LogP contribution < -0.4 is 5.32 Å². The standard InChI is InChI=1S/C13H16F2N2O/c1-9-7-17(8-13(18)16-9)5-4-10-2-3-11(14)12(15)6-10/h2-3,6,9H,4-5,7-8H2,1H3,(H,16,18). The molecule has 1 amide bonds. The summed E-state index contributed by atoms with van der Waals surface area (Å²) < 4.78 is 25.8. The van der Waals surface area contributed by atoms with E-state index in [1.165, 1.54) is 6.07 Å². The van der Waals surface area contributed by atoms with Gasteiger partial charge in [-0.3, -0.25) is 9.69 Å². The van der Waals surface area contributed by atoms with Crippen molar-refractivity contribution in [2.24, 2.45) is 0 Å². The van der Waals surface area contributed by atoms with E-state index in [1.54, 1.807) is 6.07 Å². The molecule has 0 saturated carbocycles. The molecule has 1 aromatic carbocycles. The van der Waals surface area contributed by atoms with Gasteiger partial charge in [-0.25, -0.2) is 8.78 Å². The lowest BCUT2D eigenvalue weighted by atomic mass is 10.1. The fourth-order valence-electron chi connectivity index (χ4n) is 2.17. The van der Waals surface area contributed by atoms with Crippen LogP contribution in [0.2, 0.25) is 0 Å². The largest absolute Gasteiger partial charge is 0.351 e. The van der Waals surface area contributed by atoms with Gasteiger partial charge in [0.1, 0.15) is 0 Å². The zero-order chi connectivity index (χ0) is 13.1. The van der Waals surface area contributed by atoms with Gasteiger partial charge in [-0.05, 0) is 31.0 Å². The van der Waals surface area contributed by atoms with E-state index in [0.29, 0.717) is 19.5 Å². The molecule has 1 unspecified atom stereocenters. The first kappa shape index (κ1) is 13.0. The number of carbonyl (C=O) groups is 1. The molecule has 0 spiro atoms. The summed E-state index contributed by atoms with van der Waals surface area (Å²) in [6.45, 7) is 3.77. The van der Waals surface area contributed by atoms with Crippen LogP contribution in [0.15, 0.2) is 18.2 Å². The lowest BCUT2D eigenvalue weighted by Crippen LogP contribution is -2.53. The number of hydrogen-bond donors (Lipinski definition) is 1. The predicted molar refractivity (Wildman–Crippen MR) is 64.1 cm³/mol. The van der Waals surface area contributed by atoms with Crippen LogP contribution >= 0.6 is 0 Å². The molecule has 1 fully saturated rings. The van der Waals surface area contributed by atoms with Crippen LogP contribution in [0.25, 0.3) is 0 Å². The number of benzene rings is 1. The van der Waals surface area contributed by atoms with E-state index < -0.39 is 11.6 Å². The average Bonchev–Trinajstić information content (AvgIpc) is 2.29. The number of hydrogen-bond acceptors (Lipinski definition) is 2. The second-order valence-electron chi connectivity index (χ2n) is 4.70. The summed E-state index contributed by atoms with van der Waals surface area (Å²) in [5.41, 5.74) is 0.743. The quantitative estimate of drug-likeness (QED) is 0.882. The van der Waals surface area contributed by atoms with Crippen LogP contribution in [0.4, 0.5) is 8.78 Å². The molecular weight excluding hydrogens is 238 g/mol. The number of piperazine rings is 1. The molecule has 2 rings (SSSR count). The van der Waals surface area contributed by atoms with Gasteiger partial charge in [-0.1, -0.05) is 6.07 Å². The van der Waals surface area contributed by atoms with Crippen molar-refractivity contribution in [3.05, 3.63) is 35.4 Å². The Morgan fingerprint density at radius 2 is 2.17 bits per heavy atom. The Morgan fingerprint density at radius 3 is 2.83 bits per heavy atom. The third kappa shape index (κ3) is 3.26. The van der Waals surface area contributed by atoms with E-state index in [0.717, 1.165) is 18.2 Å². The second-order valence-corrected chi connectivity index (χ2v) is 4.70. The summed E-state index contributed by atoms with van der Waals surface area (Å²) in [6, 6.07) is 4.06. The fraction of sp³-hybridized carbons (Fsp3) is 0.462. The molecule has 1 heterocycles. The number of nitrogens with one attached hydrogen (secondary N) is 1. The molecule has 3 nitrogen and oxygen atoms in total. The van der Waals surface area contributed by atoms with E-state index in [1.807, 2.05) is 11.8 Å². The summed E-state index contributed by atoms with van der Waals surface area (Å²) in [4.78, 5) is 13.4. The van der Waals surface area contributed by atoms with Crippen molar-refractivity contribution in [3.63, 3.8) is 0 Å². The first-order valence-electron chi connectivity index (χ1n) is 6.00. The third-order valence-corrected chi connectivity index (χ3v) is 3.01. The average molecular weight is 254 g/mol. The monoisotopic (exact) mass is 254 g/mol. The molecule has 1 aliphatic heterocycles. The van der Waals surface area contributed by atoms with Crippen LogP contribution in [-0.2, 0) is 11.2 Å². The summed E-state index contributed by atoms with van der Waals surface area (Å²) >= 11 is 0. The highest BCUT2D eigenvalue weighted by molar-refractivity contribution is 5.79. The number of nitrogens with zero attached hydrogens (tertiary/aromatic N) is 1. The van der Waals surface area contributed by atoms with Gasteiger partial charge in [0, 0.05) is 19.1 Å². The highest BCUT2D eigenvalue weighted by Gasteiger charge is 2.20. The Kier molecular flexibility index (Phi) is 3.91. The van der Waals surface area contributed by atoms with Crippen LogP contribution in [0.3, 0.4) is 0 Å². The van der Waals surface area contributed by atoms with Gasteiger partial charge in [0.25, 0.3) is 0 Å². The summed E-state index contributed by atoms with van der Waals surface area (Å²) in [5, 5.41) is 2.83. The highest BCUT2D eigenvalue weighted by atomic mass is 19.2. The number of halogens is 2. The van der Waals surface area contributed by atoms with Crippen LogP contribution in [0.5, 0.6) is 0 Å². The van der Waals surface area contributed by atoms with Gasteiger partial charge in [-0.15, -0.1) is 0 Å². The predicted octanol–water partition coefficient (Wildman–Crippen LogP) is 1.33. The van der Waals surface area contributed by atoms with Crippen molar-refractivity contribution in [1.82, 2.24) is 10.2 Å². The van der Waals surface area contributed by atoms with Crippen molar-refractivity contribution >= 4 is 5.91 Å². The molecular formula is C13H16F2N2O. The Hall–Kier alpha value is -1.49. The molecule has 0 radical (unpaired) electrons. The zero-order valence-corrected chi connectivity index (χ0v) is 10.2. The van der Waals surface area contributed by atoms with Gasteiger partial charge in [0.15, 0.2) is 11.6 Å². The molecule has 1 aromatic rings. The van der Waals surface area contributed by atoms with Crippen LogP contribution in [0, 0.1) is 11.6 Å². The van der Waals surface area contributed by atoms with Gasteiger partial charge in [-0.2, -0.15) is 0 Å². The molecule has 0 aliphatic carbocycles. The van der Waals surface area contributed by atoms with E-state index in [9.17, 15) is 13.6 Å². The minimum atomic E-state index is -0.829. The molecule has 1 aliphatic rings. The molecule has 1 N–H and O–H groups in total. The maximum Gasteiger partial charge on any atom is 0.234 e. The molecule has 98 valence electrons. The first-order chi connectivity index (χ1) is 8.54. The number of carbonyl (C=O) groups excluding carboxylic acids is 1. The van der Waals surface area contributed by atoms with Crippen LogP contribution in [0.1, 0.15) is 12.5 Å². The Labute approximate surface area is 105 Å². The third-order valence-electron chi connectivity index (χ3n) is 3.01. The van der Waals surface area contributed by atoms with Crippen molar-refractivity contribution in [3.8, 4) is 0 Å². The highest BCUT2D eigenvalue weighted by Crippen LogP contribution is 2.10. The first-order valence-corrected chi connectivity index (χ1v) is 6.00. The van der Waals surface area contributed by atoms with E-state index >= 15 is 0 Å². The van der Waals surface area contributed by atoms with Gasteiger partial charge >= 0.3 is 0 Å². The Bertz CT molecular complexity index is 451. The topological polar surface area (TPSA) is 32.3 Å². The maximum absolute atomic E-state index is 13.0. The summed E-state index contributed by atoms with van der Waals surface area (Å²) in [5.74, 6) is -1.64. The number of amides is 1. The minimum Gasteiger partial charge on any atom is -0.351 e. The van der Waals surface area contributed by atoms with Crippen LogP contribution in [-0.4, -0.2) is 36.5 Å². The lowest BCUT2D eigenvalue weighted by molar-refractivity contribution is -0.125. The molecule has 0 aromatic heterocycles. The molecule has 5 heteroatoms. The fourth-order valence-corrected chi connectivity index (χ4v) is 2.17. The normalized spacial score (nSPS) is 20.8.